The molecule has 0 radical (unpaired) electrons. The van der Waals surface area contributed by atoms with Crippen molar-refractivity contribution in [3.63, 3.8) is 0 Å². The Kier molecular flexibility index (Phi) is 19.7. The van der Waals surface area contributed by atoms with E-state index in [9.17, 15) is 14.4 Å². The fourth-order valence-corrected chi connectivity index (χ4v) is 4.38. The largest absolute Gasteiger partial charge is 0.494 e. The van der Waals surface area contributed by atoms with Crippen molar-refractivity contribution in [3.05, 3.63) is 76.8 Å². The van der Waals surface area contributed by atoms with Crippen LogP contribution in [0.4, 0.5) is 5.13 Å². The number of hydrogen-bond acceptors (Lipinski definition) is 7. The summed E-state index contributed by atoms with van der Waals surface area (Å²) < 4.78 is 5.56. The molecule has 0 aliphatic heterocycles. The number of anilines is 1. The van der Waals surface area contributed by atoms with Gasteiger partial charge in [-0.2, -0.15) is 0 Å². The first-order chi connectivity index (χ1) is 20.8. The highest BCUT2D eigenvalue weighted by Crippen LogP contribution is 2.16. The maximum atomic E-state index is 12.4. The third-order valence-corrected chi connectivity index (χ3v) is 6.89. The Balaban J connectivity index is 0.000000514. The maximum absolute atomic E-state index is 12.4. The Labute approximate surface area is 260 Å². The second-order valence-electron chi connectivity index (χ2n) is 9.79. The molecule has 43 heavy (non-hydrogen) atoms. The molecule has 1 aromatic heterocycles. The normalized spacial score (nSPS) is 10.7. The highest BCUT2D eigenvalue weighted by molar-refractivity contribution is 7.13. The van der Waals surface area contributed by atoms with Crippen molar-refractivity contribution in [2.75, 3.05) is 18.5 Å². The van der Waals surface area contributed by atoms with Crippen molar-refractivity contribution >= 4 is 34.2 Å². The zero-order valence-corrected chi connectivity index (χ0v) is 27.0. The number of thiazole rings is 1. The van der Waals surface area contributed by atoms with Crippen LogP contribution in [0.5, 0.6) is 5.75 Å². The Morgan fingerprint density at radius 3 is 2.16 bits per heavy atom. The monoisotopic (exact) mass is 612 g/mol. The van der Waals surface area contributed by atoms with Crippen LogP contribution in [0.1, 0.15) is 76.0 Å². The SMILES string of the molecule is CC.CCCCCOc1ccc(C)cc1.Cc1ccc(CCC[C@H](CC(=O)NO)C(=O)NCC(=O)Nc2nccs2)cc1. The van der Waals surface area contributed by atoms with Gasteiger partial charge in [0, 0.05) is 23.9 Å². The number of rotatable bonds is 15. The Hall–Kier alpha value is -3.76. The minimum atomic E-state index is -0.636. The molecule has 4 N–H and O–H groups in total. The molecular weight excluding hydrogens is 564 g/mol. The minimum absolute atomic E-state index is 0.148. The van der Waals surface area contributed by atoms with Crippen LogP contribution in [-0.4, -0.2) is 41.1 Å². The second kappa shape index (κ2) is 22.8. The molecule has 1 atom stereocenters. The van der Waals surface area contributed by atoms with Crippen molar-refractivity contribution in [2.24, 2.45) is 5.92 Å². The van der Waals surface area contributed by atoms with Gasteiger partial charge >= 0.3 is 0 Å². The Morgan fingerprint density at radius 2 is 1.58 bits per heavy atom. The summed E-state index contributed by atoms with van der Waals surface area (Å²) in [4.78, 5) is 39.7. The highest BCUT2D eigenvalue weighted by Gasteiger charge is 2.22. The fourth-order valence-electron chi connectivity index (χ4n) is 3.84. The summed E-state index contributed by atoms with van der Waals surface area (Å²) in [5.41, 5.74) is 5.16. The predicted molar refractivity (Wildman–Crippen MR) is 173 cm³/mol. The molecule has 0 aliphatic carbocycles. The van der Waals surface area contributed by atoms with Crippen molar-refractivity contribution in [1.82, 2.24) is 15.8 Å². The van der Waals surface area contributed by atoms with E-state index in [1.165, 1.54) is 35.3 Å². The summed E-state index contributed by atoms with van der Waals surface area (Å²) >= 11 is 1.28. The lowest BCUT2D eigenvalue weighted by molar-refractivity contribution is -0.135. The van der Waals surface area contributed by atoms with E-state index >= 15 is 0 Å². The highest BCUT2D eigenvalue weighted by atomic mass is 32.1. The van der Waals surface area contributed by atoms with Gasteiger partial charge in [-0.3, -0.25) is 19.6 Å². The molecule has 3 rings (SSSR count). The van der Waals surface area contributed by atoms with Gasteiger partial charge in [-0.05, 0) is 57.2 Å². The number of benzene rings is 2. The standard InChI is InChI=1S/C19H24N4O4S.C12H18O.C2H6/c1-13-5-7-14(8-6-13)3-2-4-15(11-16(24)23-27)18(26)21-12-17(25)22-19-20-9-10-28-19;1-3-4-5-10-13-12-8-6-11(2)7-9-12;1-2/h5-10,15,27H,2-4,11-12H2,1H3,(H,21,26)(H,23,24)(H,20,22,25);6-9H,3-5,10H2,1-2H3;1-2H3/t15-;;/m1../s1. The zero-order valence-electron chi connectivity index (χ0n) is 26.2. The number of unbranched alkanes of at least 4 members (excludes halogenated alkanes) is 2. The summed E-state index contributed by atoms with van der Waals surface area (Å²) in [6, 6.07) is 16.3. The average molecular weight is 613 g/mol. The van der Waals surface area contributed by atoms with E-state index in [1.807, 2.05) is 57.2 Å². The van der Waals surface area contributed by atoms with Gasteiger partial charge in [-0.15, -0.1) is 11.3 Å². The summed E-state index contributed by atoms with van der Waals surface area (Å²) in [5, 5.41) is 16.1. The van der Waals surface area contributed by atoms with Crippen LogP contribution in [-0.2, 0) is 20.8 Å². The Morgan fingerprint density at radius 1 is 0.930 bits per heavy atom. The lowest BCUT2D eigenvalue weighted by atomic mass is 9.95. The number of aromatic nitrogens is 1. The molecule has 236 valence electrons. The van der Waals surface area contributed by atoms with Gasteiger partial charge in [0.15, 0.2) is 5.13 Å². The number of ether oxygens (including phenoxy) is 1. The number of hydroxylamine groups is 1. The number of carbonyl (C=O) groups excluding carboxylic acids is 3. The molecular formula is C33H48N4O5S. The third kappa shape index (κ3) is 17.1. The number of carbonyl (C=O) groups is 3. The van der Waals surface area contributed by atoms with E-state index in [2.05, 4.69) is 41.6 Å². The van der Waals surface area contributed by atoms with Crippen LogP contribution in [0.15, 0.2) is 60.1 Å². The van der Waals surface area contributed by atoms with E-state index in [1.54, 1.807) is 17.1 Å². The van der Waals surface area contributed by atoms with Crippen molar-refractivity contribution in [1.29, 1.82) is 0 Å². The van der Waals surface area contributed by atoms with Crippen molar-refractivity contribution in [3.8, 4) is 5.75 Å². The van der Waals surface area contributed by atoms with Crippen LogP contribution in [0.25, 0.3) is 0 Å². The van der Waals surface area contributed by atoms with Crippen molar-refractivity contribution in [2.45, 2.75) is 79.6 Å². The van der Waals surface area contributed by atoms with Gasteiger partial charge in [0.05, 0.1) is 13.2 Å². The molecule has 2 aromatic carbocycles. The number of aryl methyl sites for hydroxylation is 3. The van der Waals surface area contributed by atoms with E-state index in [0.717, 1.165) is 30.8 Å². The van der Waals surface area contributed by atoms with Crippen molar-refractivity contribution < 1.29 is 24.3 Å². The molecule has 3 amide bonds. The molecule has 10 heteroatoms. The number of hydrogen-bond donors (Lipinski definition) is 4. The maximum Gasteiger partial charge on any atom is 0.245 e. The van der Waals surface area contributed by atoms with Gasteiger partial charge in [-0.1, -0.05) is 81.1 Å². The first-order valence-electron chi connectivity index (χ1n) is 15.0. The molecule has 0 spiro atoms. The van der Waals surface area contributed by atoms with Crippen LogP contribution in [0.3, 0.4) is 0 Å². The van der Waals surface area contributed by atoms with Crippen LogP contribution in [0, 0.1) is 19.8 Å². The minimum Gasteiger partial charge on any atom is -0.494 e. The molecule has 0 bridgehead atoms. The molecule has 9 nitrogen and oxygen atoms in total. The van der Waals surface area contributed by atoms with E-state index in [-0.39, 0.29) is 13.0 Å². The number of nitrogens with zero attached hydrogens (tertiary/aromatic N) is 1. The zero-order chi connectivity index (χ0) is 31.9. The second-order valence-corrected chi connectivity index (χ2v) is 10.7. The van der Waals surface area contributed by atoms with E-state index in [4.69, 9.17) is 9.94 Å². The average Bonchev–Trinajstić information content (AvgIpc) is 3.53. The van der Waals surface area contributed by atoms with Crippen LogP contribution in [0.2, 0.25) is 0 Å². The number of amides is 3. The molecule has 0 unspecified atom stereocenters. The van der Waals surface area contributed by atoms with E-state index in [0.29, 0.717) is 18.0 Å². The smallest absolute Gasteiger partial charge is 0.245 e. The molecule has 3 aromatic rings. The first kappa shape index (κ1) is 37.3. The lowest BCUT2D eigenvalue weighted by Gasteiger charge is -2.16. The van der Waals surface area contributed by atoms with Gasteiger partial charge in [0.2, 0.25) is 17.7 Å². The number of nitrogens with one attached hydrogen (secondary N) is 3. The molecule has 0 saturated heterocycles. The quantitative estimate of drug-likeness (QED) is 0.0866. The van der Waals surface area contributed by atoms with Crippen LogP contribution >= 0.6 is 11.3 Å². The summed E-state index contributed by atoms with van der Waals surface area (Å²) in [6.07, 6.45) is 7.01. The first-order valence-corrected chi connectivity index (χ1v) is 15.8. The summed E-state index contributed by atoms with van der Waals surface area (Å²) in [6.45, 7) is 10.9. The van der Waals surface area contributed by atoms with Crippen LogP contribution < -0.4 is 20.9 Å². The lowest BCUT2D eigenvalue weighted by Crippen LogP contribution is -2.38. The third-order valence-electron chi connectivity index (χ3n) is 6.21. The molecule has 0 fully saturated rings. The van der Waals surface area contributed by atoms with Gasteiger partial charge in [0.25, 0.3) is 0 Å². The summed E-state index contributed by atoms with van der Waals surface area (Å²) in [5.74, 6) is -1.08. The summed E-state index contributed by atoms with van der Waals surface area (Å²) in [7, 11) is 0. The van der Waals surface area contributed by atoms with Gasteiger partial charge < -0.3 is 15.4 Å². The van der Waals surface area contributed by atoms with Gasteiger partial charge in [0.1, 0.15) is 5.75 Å². The molecule has 0 saturated carbocycles. The van der Waals surface area contributed by atoms with Gasteiger partial charge in [-0.25, -0.2) is 10.5 Å². The Bertz CT molecular complexity index is 1170. The molecule has 1 heterocycles. The fraction of sp³-hybridized carbons (Fsp3) is 0.455. The predicted octanol–water partition coefficient (Wildman–Crippen LogP) is 6.63. The topological polar surface area (TPSA) is 130 Å². The molecule has 0 aliphatic rings. The van der Waals surface area contributed by atoms with E-state index < -0.39 is 23.6 Å².